The van der Waals surface area contributed by atoms with E-state index in [0.29, 0.717) is 44.7 Å². The average Bonchev–Trinajstić information content (AvgIpc) is 2.84. The molecule has 1 amide bonds. The summed E-state index contributed by atoms with van der Waals surface area (Å²) in [6.07, 6.45) is -2.23. The van der Waals surface area contributed by atoms with Crippen LogP contribution in [0, 0.1) is 12.7 Å². The standard InChI is InChI=1S/C27H34F3N3O4/c1-17(2)36-25-20(28)12-19(13-22(25)35-4)26(34)33-10-8-27(9-11-33)16-32(15-24(29)30)14-23(37-27)21-7-5-6-18(3)31-21/h5-7,12-13,17,23-24H,8-11,14-16H2,1-4H3. The number of hydrogen-bond acceptors (Lipinski definition) is 6. The molecule has 1 atom stereocenters. The Hall–Kier alpha value is -2.85. The van der Waals surface area contributed by atoms with Crippen molar-refractivity contribution in [2.45, 2.75) is 57.8 Å². The number of hydrogen-bond donors (Lipinski definition) is 0. The third-order valence-corrected chi connectivity index (χ3v) is 6.76. The van der Waals surface area contributed by atoms with Crippen LogP contribution in [0.5, 0.6) is 11.5 Å². The van der Waals surface area contributed by atoms with E-state index < -0.39 is 23.9 Å². The molecule has 4 rings (SSSR count). The number of methoxy groups -OCH3 is 1. The van der Waals surface area contributed by atoms with E-state index in [1.165, 1.54) is 13.2 Å². The predicted octanol–water partition coefficient (Wildman–Crippen LogP) is 4.64. The highest BCUT2D eigenvalue weighted by Crippen LogP contribution is 2.39. The first kappa shape index (κ1) is 27.2. The summed E-state index contributed by atoms with van der Waals surface area (Å²) in [6.45, 7) is 6.46. The van der Waals surface area contributed by atoms with E-state index >= 15 is 0 Å². The van der Waals surface area contributed by atoms with Crippen LogP contribution in [0.4, 0.5) is 13.2 Å². The molecular weight excluding hydrogens is 487 g/mol. The molecule has 37 heavy (non-hydrogen) atoms. The van der Waals surface area contributed by atoms with Gasteiger partial charge in [-0.2, -0.15) is 0 Å². The molecule has 2 aromatic rings. The van der Waals surface area contributed by atoms with Gasteiger partial charge in [0.05, 0.1) is 31.1 Å². The summed E-state index contributed by atoms with van der Waals surface area (Å²) in [5.41, 5.74) is 1.02. The fourth-order valence-electron chi connectivity index (χ4n) is 5.08. The molecular formula is C27H34F3N3O4. The van der Waals surface area contributed by atoms with Crippen molar-refractivity contribution in [3.8, 4) is 11.5 Å². The maximum atomic E-state index is 14.8. The first-order valence-corrected chi connectivity index (χ1v) is 12.5. The lowest BCUT2D eigenvalue weighted by atomic mass is 9.87. The highest BCUT2D eigenvalue weighted by atomic mass is 19.3. The number of likely N-dealkylation sites (tertiary alicyclic amines) is 1. The molecule has 1 spiro atoms. The van der Waals surface area contributed by atoms with Crippen molar-refractivity contribution < 1.29 is 32.2 Å². The molecule has 0 N–H and O–H groups in total. The first-order valence-electron chi connectivity index (χ1n) is 12.5. The van der Waals surface area contributed by atoms with Crippen molar-refractivity contribution in [1.82, 2.24) is 14.8 Å². The molecule has 2 aliphatic heterocycles. The van der Waals surface area contributed by atoms with Crippen molar-refractivity contribution in [1.29, 1.82) is 0 Å². The van der Waals surface area contributed by atoms with Gasteiger partial charge in [0, 0.05) is 37.4 Å². The molecule has 3 heterocycles. The summed E-state index contributed by atoms with van der Waals surface area (Å²) in [5.74, 6) is -0.883. The van der Waals surface area contributed by atoms with Crippen LogP contribution in [-0.4, -0.2) is 78.7 Å². The molecule has 1 aromatic carbocycles. The number of pyridine rings is 1. The molecule has 0 saturated carbocycles. The summed E-state index contributed by atoms with van der Waals surface area (Å²) >= 11 is 0. The molecule has 2 fully saturated rings. The predicted molar refractivity (Wildman–Crippen MR) is 132 cm³/mol. The minimum atomic E-state index is -2.46. The summed E-state index contributed by atoms with van der Waals surface area (Å²) < 4.78 is 58.7. The Labute approximate surface area is 215 Å². The zero-order chi connectivity index (χ0) is 26.7. The highest BCUT2D eigenvalue weighted by molar-refractivity contribution is 5.95. The minimum absolute atomic E-state index is 0.0304. The topological polar surface area (TPSA) is 64.1 Å². The summed E-state index contributed by atoms with van der Waals surface area (Å²) in [7, 11) is 1.39. The Bertz CT molecular complexity index is 1110. The zero-order valence-electron chi connectivity index (χ0n) is 21.7. The van der Waals surface area contributed by atoms with Gasteiger partial charge < -0.3 is 19.1 Å². The van der Waals surface area contributed by atoms with Gasteiger partial charge >= 0.3 is 0 Å². The molecule has 0 aliphatic carbocycles. The van der Waals surface area contributed by atoms with Gasteiger partial charge in [-0.1, -0.05) is 6.07 Å². The van der Waals surface area contributed by atoms with Gasteiger partial charge in [-0.25, -0.2) is 13.2 Å². The second-order valence-electron chi connectivity index (χ2n) is 10.0. The zero-order valence-corrected chi connectivity index (χ0v) is 21.7. The van der Waals surface area contributed by atoms with Crippen LogP contribution in [0.15, 0.2) is 30.3 Å². The van der Waals surface area contributed by atoms with Gasteiger partial charge in [0.2, 0.25) is 0 Å². The van der Waals surface area contributed by atoms with Crippen LogP contribution < -0.4 is 9.47 Å². The monoisotopic (exact) mass is 521 g/mol. The van der Waals surface area contributed by atoms with Gasteiger partial charge in [0.25, 0.3) is 12.3 Å². The van der Waals surface area contributed by atoms with Crippen molar-refractivity contribution >= 4 is 5.91 Å². The number of morpholine rings is 1. The van der Waals surface area contributed by atoms with E-state index in [-0.39, 0.29) is 35.6 Å². The Morgan fingerprint density at radius 3 is 2.59 bits per heavy atom. The van der Waals surface area contributed by atoms with Crippen molar-refractivity contribution in [3.63, 3.8) is 0 Å². The normalized spacial score (nSPS) is 20.0. The van der Waals surface area contributed by atoms with E-state index in [1.54, 1.807) is 23.6 Å². The quantitative estimate of drug-likeness (QED) is 0.529. The number of halogens is 3. The molecule has 10 heteroatoms. The molecule has 202 valence electrons. The third-order valence-electron chi connectivity index (χ3n) is 6.76. The maximum absolute atomic E-state index is 14.8. The van der Waals surface area contributed by atoms with Crippen LogP contribution in [0.25, 0.3) is 0 Å². The van der Waals surface area contributed by atoms with Crippen LogP contribution in [0.1, 0.15) is 54.5 Å². The molecule has 0 bridgehead atoms. The number of amides is 1. The Kier molecular flexibility index (Phi) is 8.28. The number of benzene rings is 1. The van der Waals surface area contributed by atoms with Crippen LogP contribution >= 0.6 is 0 Å². The number of aryl methyl sites for hydroxylation is 1. The number of carbonyl (C=O) groups is 1. The number of rotatable bonds is 7. The number of alkyl halides is 2. The maximum Gasteiger partial charge on any atom is 0.254 e. The van der Waals surface area contributed by atoms with Gasteiger partial charge in [0.15, 0.2) is 17.3 Å². The minimum Gasteiger partial charge on any atom is -0.493 e. The van der Waals surface area contributed by atoms with Crippen LogP contribution in [0.3, 0.4) is 0 Å². The number of nitrogens with zero attached hydrogens (tertiary/aromatic N) is 3. The highest BCUT2D eigenvalue weighted by Gasteiger charge is 2.45. The largest absolute Gasteiger partial charge is 0.493 e. The molecule has 2 aliphatic rings. The van der Waals surface area contributed by atoms with E-state index in [2.05, 4.69) is 4.98 Å². The fourth-order valence-corrected chi connectivity index (χ4v) is 5.08. The van der Waals surface area contributed by atoms with Crippen molar-refractivity contribution in [2.24, 2.45) is 0 Å². The summed E-state index contributed by atoms with van der Waals surface area (Å²) in [6, 6.07) is 8.25. The van der Waals surface area contributed by atoms with Gasteiger partial charge in [0.1, 0.15) is 6.10 Å². The lowest BCUT2D eigenvalue weighted by Gasteiger charge is -2.50. The van der Waals surface area contributed by atoms with Gasteiger partial charge in [-0.15, -0.1) is 0 Å². The smallest absolute Gasteiger partial charge is 0.254 e. The molecule has 1 unspecified atom stereocenters. The second-order valence-corrected chi connectivity index (χ2v) is 10.0. The number of aromatic nitrogens is 1. The summed E-state index contributed by atoms with van der Waals surface area (Å²) in [4.78, 5) is 21.2. The molecule has 1 aromatic heterocycles. The third kappa shape index (κ3) is 6.35. The SMILES string of the molecule is COc1cc(C(=O)N2CCC3(CC2)CN(CC(F)F)CC(c2cccc(C)n2)O3)cc(F)c1OC(C)C. The molecule has 2 saturated heterocycles. The number of ether oxygens (including phenoxy) is 3. The van der Waals surface area contributed by atoms with E-state index in [1.807, 2.05) is 25.1 Å². The van der Waals surface area contributed by atoms with Crippen LogP contribution in [0.2, 0.25) is 0 Å². The second kappa shape index (κ2) is 11.3. The Balaban J connectivity index is 1.50. The van der Waals surface area contributed by atoms with E-state index in [0.717, 1.165) is 11.8 Å². The van der Waals surface area contributed by atoms with Crippen molar-refractivity contribution in [2.75, 3.05) is 39.8 Å². The fraction of sp³-hybridized carbons (Fsp3) is 0.556. The van der Waals surface area contributed by atoms with E-state index in [9.17, 15) is 18.0 Å². The number of carbonyl (C=O) groups excluding carboxylic acids is 1. The molecule has 7 nitrogen and oxygen atoms in total. The number of piperidine rings is 1. The van der Waals surface area contributed by atoms with Gasteiger partial charge in [-0.3, -0.25) is 14.7 Å². The van der Waals surface area contributed by atoms with Crippen LogP contribution in [-0.2, 0) is 4.74 Å². The molecule has 0 radical (unpaired) electrons. The van der Waals surface area contributed by atoms with Gasteiger partial charge in [-0.05, 0) is 57.9 Å². The lowest BCUT2D eigenvalue weighted by Crippen LogP contribution is -2.58. The van der Waals surface area contributed by atoms with E-state index in [4.69, 9.17) is 14.2 Å². The summed E-state index contributed by atoms with van der Waals surface area (Å²) in [5, 5.41) is 0. The van der Waals surface area contributed by atoms with Crippen molar-refractivity contribution in [3.05, 3.63) is 53.1 Å². The Morgan fingerprint density at radius 1 is 1.24 bits per heavy atom. The first-order chi connectivity index (χ1) is 17.6. The average molecular weight is 522 g/mol. The lowest BCUT2D eigenvalue weighted by molar-refractivity contribution is -0.181. The Morgan fingerprint density at radius 2 is 1.97 bits per heavy atom.